The van der Waals surface area contributed by atoms with Gasteiger partial charge in [0.15, 0.2) is 0 Å². The first kappa shape index (κ1) is 21.7. The van der Waals surface area contributed by atoms with Gasteiger partial charge >= 0.3 is 17.8 Å². The fourth-order valence-electron chi connectivity index (χ4n) is 3.87. The van der Waals surface area contributed by atoms with E-state index in [1.54, 1.807) is 0 Å². The zero-order chi connectivity index (χ0) is 22.6. The van der Waals surface area contributed by atoms with E-state index >= 15 is 0 Å². The molecule has 31 heavy (non-hydrogen) atoms. The van der Waals surface area contributed by atoms with E-state index in [-0.39, 0.29) is 17.1 Å². The molecule has 0 aliphatic carbocycles. The molecular formula is C18H17ClF5N5O2. The first-order valence-electron chi connectivity index (χ1n) is 9.57. The first-order chi connectivity index (χ1) is 14.5. The van der Waals surface area contributed by atoms with E-state index in [1.165, 1.54) is 4.90 Å². The first-order valence-corrected chi connectivity index (χ1v) is 9.95. The second-order valence-corrected chi connectivity index (χ2v) is 7.98. The number of nitrogens with zero attached hydrogens (tertiary/aromatic N) is 5. The van der Waals surface area contributed by atoms with Gasteiger partial charge in [-0.1, -0.05) is 11.6 Å². The van der Waals surface area contributed by atoms with Gasteiger partial charge < -0.3 is 4.90 Å². The summed E-state index contributed by atoms with van der Waals surface area (Å²) in [4.78, 5) is 30.9. The molecule has 0 bridgehead atoms. The number of halogens is 6. The van der Waals surface area contributed by atoms with Crippen LogP contribution in [0.3, 0.4) is 0 Å². The fraction of sp³-hybridized carbons (Fsp3) is 0.556. The highest BCUT2D eigenvalue weighted by atomic mass is 35.5. The van der Waals surface area contributed by atoms with Crippen molar-refractivity contribution in [2.45, 2.75) is 50.4 Å². The monoisotopic (exact) mass is 465 g/mol. The van der Waals surface area contributed by atoms with Crippen LogP contribution < -0.4 is 5.69 Å². The molecule has 4 heterocycles. The topological polar surface area (TPSA) is 73.0 Å². The van der Waals surface area contributed by atoms with Crippen LogP contribution >= 0.6 is 11.6 Å². The zero-order valence-electron chi connectivity index (χ0n) is 16.0. The summed E-state index contributed by atoms with van der Waals surface area (Å²) in [5.41, 5.74) is -2.19. The lowest BCUT2D eigenvalue weighted by atomic mass is 10.0. The maximum absolute atomic E-state index is 14.5. The van der Waals surface area contributed by atoms with Crippen LogP contribution in [0.5, 0.6) is 0 Å². The summed E-state index contributed by atoms with van der Waals surface area (Å²) >= 11 is 5.86. The highest BCUT2D eigenvalue weighted by Crippen LogP contribution is 2.40. The molecule has 0 aromatic carbocycles. The number of carbonyl (C=O) groups is 1. The van der Waals surface area contributed by atoms with Gasteiger partial charge in [-0.2, -0.15) is 22.0 Å². The minimum absolute atomic E-state index is 0.141. The van der Waals surface area contributed by atoms with Gasteiger partial charge in [0.25, 0.3) is 0 Å². The minimum atomic E-state index is -4.66. The van der Waals surface area contributed by atoms with Gasteiger partial charge in [0, 0.05) is 25.7 Å². The number of carbonyl (C=O) groups excluding carboxylic acids is 1. The van der Waals surface area contributed by atoms with Gasteiger partial charge in [0.05, 0.1) is 22.8 Å². The number of pyridine rings is 1. The van der Waals surface area contributed by atoms with E-state index in [0.717, 1.165) is 12.8 Å². The Labute approximate surface area is 177 Å². The number of hydrogen-bond acceptors (Lipinski definition) is 4. The largest absolute Gasteiger partial charge is 0.417 e. The lowest BCUT2D eigenvalue weighted by Gasteiger charge is -2.30. The molecule has 168 valence electrons. The Morgan fingerprint density at radius 3 is 2.55 bits per heavy atom. The molecule has 7 nitrogen and oxygen atoms in total. The summed E-state index contributed by atoms with van der Waals surface area (Å²) in [6, 6.07) is -0.468. The van der Waals surface area contributed by atoms with Crippen LogP contribution in [-0.2, 0) is 23.4 Å². The Bertz CT molecular complexity index is 1070. The zero-order valence-corrected chi connectivity index (χ0v) is 16.8. The summed E-state index contributed by atoms with van der Waals surface area (Å²) in [5.74, 6) is -4.69. The smallest absolute Gasteiger partial charge is 0.341 e. The van der Waals surface area contributed by atoms with Crippen LogP contribution in [0.25, 0.3) is 0 Å². The van der Waals surface area contributed by atoms with E-state index in [9.17, 15) is 31.5 Å². The molecule has 2 aliphatic rings. The number of hydrogen-bond donors (Lipinski definition) is 0. The van der Waals surface area contributed by atoms with Crippen molar-refractivity contribution in [3.63, 3.8) is 0 Å². The van der Waals surface area contributed by atoms with Crippen molar-refractivity contribution in [1.29, 1.82) is 0 Å². The van der Waals surface area contributed by atoms with Crippen molar-refractivity contribution >= 4 is 17.5 Å². The molecule has 1 saturated heterocycles. The van der Waals surface area contributed by atoms with E-state index in [4.69, 9.17) is 11.6 Å². The predicted octanol–water partition coefficient (Wildman–Crippen LogP) is 3.21. The number of amides is 1. The van der Waals surface area contributed by atoms with Crippen molar-refractivity contribution in [2.75, 3.05) is 13.1 Å². The van der Waals surface area contributed by atoms with Gasteiger partial charge in [0.1, 0.15) is 6.04 Å². The maximum atomic E-state index is 14.5. The maximum Gasteiger partial charge on any atom is 0.417 e. The fourth-order valence-corrected chi connectivity index (χ4v) is 4.10. The highest BCUT2D eigenvalue weighted by molar-refractivity contribution is 6.31. The lowest BCUT2D eigenvalue weighted by Crippen LogP contribution is -2.44. The summed E-state index contributed by atoms with van der Waals surface area (Å²) < 4.78 is 68.7. The molecule has 0 saturated carbocycles. The minimum Gasteiger partial charge on any atom is -0.341 e. The molecule has 13 heteroatoms. The Hall–Kier alpha value is -2.50. The summed E-state index contributed by atoms with van der Waals surface area (Å²) in [7, 11) is 0. The van der Waals surface area contributed by atoms with Crippen molar-refractivity contribution in [2.24, 2.45) is 0 Å². The van der Waals surface area contributed by atoms with Crippen molar-refractivity contribution in [3.05, 3.63) is 44.9 Å². The van der Waals surface area contributed by atoms with Crippen LogP contribution in [0.2, 0.25) is 5.02 Å². The summed E-state index contributed by atoms with van der Waals surface area (Å²) in [5, 5.41) is 3.31. The van der Waals surface area contributed by atoms with Crippen LogP contribution in [-0.4, -0.2) is 43.2 Å². The molecule has 1 fully saturated rings. The Kier molecular flexibility index (Phi) is 5.31. The van der Waals surface area contributed by atoms with E-state index < -0.39 is 54.1 Å². The molecule has 2 aromatic rings. The van der Waals surface area contributed by atoms with Crippen LogP contribution in [0.4, 0.5) is 22.0 Å². The van der Waals surface area contributed by atoms with Gasteiger partial charge in [-0.3, -0.25) is 14.3 Å². The van der Waals surface area contributed by atoms with E-state index in [1.807, 2.05) is 0 Å². The molecule has 0 radical (unpaired) electrons. The molecule has 1 amide bonds. The second kappa shape index (κ2) is 7.57. The molecule has 2 aliphatic heterocycles. The van der Waals surface area contributed by atoms with E-state index in [2.05, 4.69) is 10.1 Å². The van der Waals surface area contributed by atoms with Crippen molar-refractivity contribution < 1.29 is 26.7 Å². The lowest BCUT2D eigenvalue weighted by molar-refractivity contribution is -0.138. The molecular weight excluding hydrogens is 449 g/mol. The molecule has 0 spiro atoms. The van der Waals surface area contributed by atoms with Gasteiger partial charge in [-0.05, 0) is 25.3 Å². The van der Waals surface area contributed by atoms with Gasteiger partial charge in [-0.25, -0.2) is 9.48 Å². The molecule has 4 rings (SSSR count). The molecule has 1 unspecified atom stereocenters. The van der Waals surface area contributed by atoms with E-state index in [0.29, 0.717) is 34.6 Å². The van der Waals surface area contributed by atoms with Crippen LogP contribution in [0.15, 0.2) is 17.1 Å². The highest BCUT2D eigenvalue weighted by Gasteiger charge is 2.47. The average Bonchev–Trinajstić information content (AvgIpc) is 3.32. The van der Waals surface area contributed by atoms with Gasteiger partial charge in [0.2, 0.25) is 11.7 Å². The number of likely N-dealkylation sites (tertiary alicyclic amines) is 1. The summed E-state index contributed by atoms with van der Waals surface area (Å²) in [6.07, 6.45) is -3.39. The number of fused-ring (bicyclic) bond motifs is 1. The van der Waals surface area contributed by atoms with Crippen LogP contribution in [0, 0.1) is 0 Å². The normalized spacial score (nSPS) is 20.7. The quantitative estimate of drug-likeness (QED) is 0.653. The third kappa shape index (κ3) is 3.92. The Morgan fingerprint density at radius 1 is 1.26 bits per heavy atom. The molecule has 0 N–H and O–H groups in total. The third-order valence-electron chi connectivity index (χ3n) is 5.49. The van der Waals surface area contributed by atoms with Crippen molar-refractivity contribution in [3.8, 4) is 0 Å². The Balaban J connectivity index is 1.70. The second-order valence-electron chi connectivity index (χ2n) is 7.58. The third-order valence-corrected chi connectivity index (χ3v) is 5.82. The predicted molar refractivity (Wildman–Crippen MR) is 97.8 cm³/mol. The number of rotatable bonds is 3. The van der Waals surface area contributed by atoms with Crippen molar-refractivity contribution in [1.82, 2.24) is 24.2 Å². The number of aromatic nitrogens is 4. The SMILES string of the molecule is O=C(C1CCC(F)(F)c2nn(Cc3ncc(C(F)(F)F)cc3Cl)c(=O)n21)N1CCCC1. The summed E-state index contributed by atoms with van der Waals surface area (Å²) in [6.45, 7) is 0.473. The average molecular weight is 466 g/mol. The Morgan fingerprint density at radius 2 is 1.94 bits per heavy atom. The molecule has 1 atom stereocenters. The number of alkyl halides is 5. The molecule has 2 aromatic heterocycles. The van der Waals surface area contributed by atoms with Gasteiger partial charge in [-0.15, -0.1) is 5.10 Å². The standard InChI is InChI=1S/C18H17ClF5N5O2/c19-11-7-10(18(22,23)24)8-25-12(11)9-28-16(31)29-13(14(30)27-5-1-2-6-27)3-4-17(20,21)15(29)26-28/h7-8,13H,1-6,9H2. The van der Waals surface area contributed by atoms with Crippen LogP contribution in [0.1, 0.15) is 48.8 Å².